The second kappa shape index (κ2) is 6.01. The highest BCUT2D eigenvalue weighted by Crippen LogP contribution is 2.26. The van der Waals surface area contributed by atoms with Crippen molar-refractivity contribution in [3.05, 3.63) is 35.9 Å². The Kier molecular flexibility index (Phi) is 4.37. The van der Waals surface area contributed by atoms with E-state index in [9.17, 15) is 4.79 Å². The summed E-state index contributed by atoms with van der Waals surface area (Å²) in [5.74, 6) is -0.136. The fourth-order valence-electron chi connectivity index (χ4n) is 2.84. The SMILES string of the molecule is CN1C[C@H](CCCc2ccccc2)C[C@H]1C(=O)O. The third kappa shape index (κ3) is 3.33. The van der Waals surface area contributed by atoms with E-state index in [4.69, 9.17) is 5.11 Å². The Morgan fingerprint density at radius 1 is 1.39 bits per heavy atom. The smallest absolute Gasteiger partial charge is 0.320 e. The highest BCUT2D eigenvalue weighted by atomic mass is 16.4. The monoisotopic (exact) mass is 247 g/mol. The molecule has 1 aliphatic rings. The zero-order chi connectivity index (χ0) is 13.0. The van der Waals surface area contributed by atoms with E-state index < -0.39 is 5.97 Å². The number of hydrogen-bond acceptors (Lipinski definition) is 2. The average Bonchev–Trinajstić information content (AvgIpc) is 2.72. The molecule has 1 saturated heterocycles. The highest BCUT2D eigenvalue weighted by Gasteiger charge is 2.33. The van der Waals surface area contributed by atoms with Crippen LogP contribution in [0, 0.1) is 5.92 Å². The van der Waals surface area contributed by atoms with Crippen LogP contribution in [0.5, 0.6) is 0 Å². The number of carboxylic acid groups (broad SMARTS) is 1. The lowest BCUT2D eigenvalue weighted by molar-refractivity contribution is -0.141. The van der Waals surface area contributed by atoms with E-state index in [0.29, 0.717) is 5.92 Å². The fraction of sp³-hybridized carbons (Fsp3) is 0.533. The number of nitrogens with zero attached hydrogens (tertiary/aromatic N) is 1. The van der Waals surface area contributed by atoms with Crippen molar-refractivity contribution in [1.29, 1.82) is 0 Å². The first-order chi connectivity index (χ1) is 8.66. The van der Waals surface area contributed by atoms with Gasteiger partial charge in [-0.1, -0.05) is 30.3 Å². The number of benzene rings is 1. The third-order valence-corrected chi connectivity index (χ3v) is 3.84. The number of likely N-dealkylation sites (tertiary alicyclic amines) is 1. The van der Waals surface area contributed by atoms with E-state index in [1.54, 1.807) is 0 Å². The molecular formula is C15H21NO2. The number of rotatable bonds is 5. The van der Waals surface area contributed by atoms with Crippen LogP contribution in [-0.4, -0.2) is 35.6 Å². The van der Waals surface area contributed by atoms with Crippen molar-refractivity contribution < 1.29 is 9.90 Å². The molecule has 3 nitrogen and oxygen atoms in total. The molecule has 1 heterocycles. The maximum atomic E-state index is 11.0. The lowest BCUT2D eigenvalue weighted by atomic mass is 9.97. The van der Waals surface area contributed by atoms with Gasteiger partial charge in [0.25, 0.3) is 0 Å². The summed E-state index contributed by atoms with van der Waals surface area (Å²) in [4.78, 5) is 13.0. The molecule has 98 valence electrons. The van der Waals surface area contributed by atoms with Gasteiger partial charge in [0.15, 0.2) is 0 Å². The van der Waals surface area contributed by atoms with Gasteiger partial charge in [-0.15, -0.1) is 0 Å². The van der Waals surface area contributed by atoms with Crippen molar-refractivity contribution in [2.24, 2.45) is 5.92 Å². The molecule has 0 amide bonds. The van der Waals surface area contributed by atoms with Gasteiger partial charge >= 0.3 is 5.97 Å². The molecule has 0 spiro atoms. The molecule has 3 heteroatoms. The summed E-state index contributed by atoms with van der Waals surface area (Å²) in [5, 5.41) is 9.06. The van der Waals surface area contributed by atoms with Crippen molar-refractivity contribution in [1.82, 2.24) is 4.90 Å². The van der Waals surface area contributed by atoms with Gasteiger partial charge in [-0.05, 0) is 44.2 Å². The molecule has 0 bridgehead atoms. The van der Waals surface area contributed by atoms with Gasteiger partial charge in [-0.25, -0.2) is 0 Å². The summed E-state index contributed by atoms with van der Waals surface area (Å²) in [7, 11) is 1.91. The molecule has 2 atom stereocenters. The van der Waals surface area contributed by atoms with Crippen molar-refractivity contribution in [2.45, 2.75) is 31.7 Å². The van der Waals surface area contributed by atoms with Crippen LogP contribution in [0.25, 0.3) is 0 Å². The highest BCUT2D eigenvalue weighted by molar-refractivity contribution is 5.73. The third-order valence-electron chi connectivity index (χ3n) is 3.84. The molecule has 0 radical (unpaired) electrons. The van der Waals surface area contributed by atoms with Gasteiger partial charge in [0.2, 0.25) is 0 Å². The number of carbonyl (C=O) groups is 1. The maximum Gasteiger partial charge on any atom is 0.320 e. The Bertz CT molecular complexity index is 391. The lowest BCUT2D eigenvalue weighted by Crippen LogP contribution is -2.32. The summed E-state index contributed by atoms with van der Waals surface area (Å²) in [6, 6.07) is 10.2. The van der Waals surface area contributed by atoms with E-state index in [1.165, 1.54) is 5.56 Å². The Hall–Kier alpha value is -1.35. The van der Waals surface area contributed by atoms with Crippen molar-refractivity contribution in [3.8, 4) is 0 Å². The number of likely N-dealkylation sites (N-methyl/N-ethyl adjacent to an activating group) is 1. The minimum atomic E-state index is -0.678. The maximum absolute atomic E-state index is 11.0. The quantitative estimate of drug-likeness (QED) is 0.868. The van der Waals surface area contributed by atoms with Crippen LogP contribution in [0.1, 0.15) is 24.8 Å². The minimum absolute atomic E-state index is 0.272. The first-order valence-corrected chi connectivity index (χ1v) is 6.64. The molecule has 18 heavy (non-hydrogen) atoms. The van der Waals surface area contributed by atoms with Crippen molar-refractivity contribution in [3.63, 3.8) is 0 Å². The molecule has 0 saturated carbocycles. The topological polar surface area (TPSA) is 40.5 Å². The number of hydrogen-bond donors (Lipinski definition) is 1. The van der Waals surface area contributed by atoms with Crippen molar-refractivity contribution >= 4 is 5.97 Å². The van der Waals surface area contributed by atoms with Crippen LogP contribution < -0.4 is 0 Å². The second-order valence-corrected chi connectivity index (χ2v) is 5.27. The summed E-state index contributed by atoms with van der Waals surface area (Å²) in [5.41, 5.74) is 1.37. The van der Waals surface area contributed by atoms with E-state index in [2.05, 4.69) is 24.3 Å². The molecule has 1 aliphatic heterocycles. The Morgan fingerprint density at radius 2 is 2.11 bits per heavy atom. The molecule has 0 unspecified atom stereocenters. The first kappa shape index (κ1) is 13.1. The van der Waals surface area contributed by atoms with Gasteiger partial charge in [0, 0.05) is 6.54 Å². The molecule has 0 aromatic heterocycles. The molecular weight excluding hydrogens is 226 g/mol. The predicted octanol–water partition coefficient (Wildman–Crippen LogP) is 2.41. The van der Waals surface area contributed by atoms with Crippen molar-refractivity contribution in [2.75, 3.05) is 13.6 Å². The first-order valence-electron chi connectivity index (χ1n) is 6.64. The molecule has 0 aliphatic carbocycles. The zero-order valence-corrected chi connectivity index (χ0v) is 10.9. The minimum Gasteiger partial charge on any atom is -0.480 e. The lowest BCUT2D eigenvalue weighted by Gasteiger charge is -2.13. The van der Waals surface area contributed by atoms with E-state index in [-0.39, 0.29) is 6.04 Å². The van der Waals surface area contributed by atoms with Gasteiger partial charge in [0.1, 0.15) is 6.04 Å². The van der Waals surface area contributed by atoms with Crippen LogP contribution in [0.3, 0.4) is 0 Å². The molecule has 2 rings (SSSR count). The normalized spacial score (nSPS) is 24.3. The van der Waals surface area contributed by atoms with Gasteiger partial charge < -0.3 is 5.11 Å². The van der Waals surface area contributed by atoms with Gasteiger partial charge in [0.05, 0.1) is 0 Å². The average molecular weight is 247 g/mol. The zero-order valence-electron chi connectivity index (χ0n) is 10.9. The number of aliphatic carboxylic acids is 1. The molecule has 1 N–H and O–H groups in total. The van der Waals surface area contributed by atoms with Crippen LogP contribution in [0.4, 0.5) is 0 Å². The Balaban J connectivity index is 1.74. The summed E-state index contributed by atoms with van der Waals surface area (Å²) in [6.45, 7) is 0.922. The summed E-state index contributed by atoms with van der Waals surface area (Å²) < 4.78 is 0. The van der Waals surface area contributed by atoms with E-state index >= 15 is 0 Å². The van der Waals surface area contributed by atoms with Crippen LogP contribution in [0.2, 0.25) is 0 Å². The van der Waals surface area contributed by atoms with Gasteiger partial charge in [-0.2, -0.15) is 0 Å². The Labute approximate surface area is 108 Å². The van der Waals surface area contributed by atoms with Crippen LogP contribution in [-0.2, 0) is 11.2 Å². The second-order valence-electron chi connectivity index (χ2n) is 5.27. The number of carboxylic acids is 1. The van der Waals surface area contributed by atoms with Gasteiger partial charge in [-0.3, -0.25) is 9.69 Å². The summed E-state index contributed by atoms with van der Waals surface area (Å²) >= 11 is 0. The molecule has 1 aromatic carbocycles. The summed E-state index contributed by atoms with van der Waals surface area (Å²) in [6.07, 6.45) is 4.18. The standard InChI is InChI=1S/C15H21NO2/c1-16-11-13(10-14(16)15(17)18)9-5-8-12-6-3-2-4-7-12/h2-4,6-7,13-14H,5,8-11H2,1H3,(H,17,18)/t13-,14+/m1/s1. The Morgan fingerprint density at radius 3 is 2.72 bits per heavy atom. The van der Waals surface area contributed by atoms with E-state index in [1.807, 2.05) is 18.0 Å². The van der Waals surface area contributed by atoms with E-state index in [0.717, 1.165) is 32.2 Å². The number of aryl methyl sites for hydroxylation is 1. The van der Waals surface area contributed by atoms with Crippen LogP contribution >= 0.6 is 0 Å². The fourth-order valence-corrected chi connectivity index (χ4v) is 2.84. The van der Waals surface area contributed by atoms with Crippen LogP contribution in [0.15, 0.2) is 30.3 Å². The largest absolute Gasteiger partial charge is 0.480 e. The molecule has 1 aromatic rings. The predicted molar refractivity (Wildman–Crippen MR) is 71.5 cm³/mol. The molecule has 1 fully saturated rings.